The van der Waals surface area contributed by atoms with E-state index >= 15 is 0 Å². The van der Waals surface area contributed by atoms with Crippen molar-refractivity contribution >= 4 is 40.4 Å². The molecule has 2 aromatic heterocycles. The summed E-state index contributed by atoms with van der Waals surface area (Å²) in [4.78, 5) is 34.4. The third-order valence-corrected chi connectivity index (χ3v) is 5.18. The van der Waals surface area contributed by atoms with Crippen molar-refractivity contribution in [3.05, 3.63) is 65.2 Å². The molecule has 2 N–H and O–H groups in total. The van der Waals surface area contributed by atoms with Crippen molar-refractivity contribution in [3.63, 3.8) is 0 Å². The first-order valence-electron chi connectivity index (χ1n) is 9.19. The van der Waals surface area contributed by atoms with Crippen LogP contribution in [0.5, 0.6) is 0 Å². The van der Waals surface area contributed by atoms with Crippen LogP contribution in [0.3, 0.4) is 0 Å². The van der Waals surface area contributed by atoms with E-state index in [9.17, 15) is 9.59 Å². The summed E-state index contributed by atoms with van der Waals surface area (Å²) in [6, 6.07) is 9.08. The first kappa shape index (κ1) is 19.6. The molecule has 0 radical (unpaired) electrons. The number of fused-ring (bicyclic) bond motifs is 1. The molecule has 152 valence electrons. The zero-order valence-corrected chi connectivity index (χ0v) is 17.1. The highest BCUT2D eigenvalue weighted by Gasteiger charge is 2.27. The Morgan fingerprint density at radius 3 is 2.87 bits per heavy atom. The second-order valence-corrected chi connectivity index (χ2v) is 7.19. The monoisotopic (exact) mass is 422 g/mol. The van der Waals surface area contributed by atoms with Gasteiger partial charge in [0, 0.05) is 16.6 Å². The van der Waals surface area contributed by atoms with Crippen molar-refractivity contribution in [3.8, 4) is 10.6 Å². The second-order valence-electron chi connectivity index (χ2n) is 6.33. The average Bonchev–Trinajstić information content (AvgIpc) is 3.39. The van der Waals surface area contributed by atoms with Gasteiger partial charge < -0.3 is 19.8 Å². The molecule has 8 nitrogen and oxygen atoms in total. The number of anilines is 1. The van der Waals surface area contributed by atoms with Crippen LogP contribution in [-0.4, -0.2) is 29.3 Å². The standard InChI is InChI=1S/C21H18N4O4S/c1-3-29-21(27)17-12(2)22-14-6-4-5-7-15(14)23-18(17)25-19(26)16-11-30-20(24-16)13-8-9-28-10-13/h4-11,22H,3H2,1-2H3,(H,23,25,26). The maximum absolute atomic E-state index is 12.9. The summed E-state index contributed by atoms with van der Waals surface area (Å²) in [5, 5.41) is 8.19. The lowest BCUT2D eigenvalue weighted by Gasteiger charge is -2.12. The summed E-state index contributed by atoms with van der Waals surface area (Å²) in [7, 11) is 0. The van der Waals surface area contributed by atoms with Gasteiger partial charge in [0.05, 0.1) is 24.2 Å². The van der Waals surface area contributed by atoms with Crippen LogP contribution >= 0.6 is 11.3 Å². The molecule has 0 spiro atoms. The zero-order valence-electron chi connectivity index (χ0n) is 16.3. The van der Waals surface area contributed by atoms with Gasteiger partial charge in [-0.05, 0) is 32.0 Å². The van der Waals surface area contributed by atoms with Crippen LogP contribution < -0.4 is 10.6 Å². The molecule has 30 heavy (non-hydrogen) atoms. The largest absolute Gasteiger partial charge is 0.472 e. The van der Waals surface area contributed by atoms with Crippen molar-refractivity contribution in [2.45, 2.75) is 13.8 Å². The third kappa shape index (κ3) is 3.87. The number of rotatable bonds is 4. The Morgan fingerprint density at radius 1 is 1.27 bits per heavy atom. The van der Waals surface area contributed by atoms with Gasteiger partial charge in [0.2, 0.25) is 0 Å². The molecule has 0 bridgehead atoms. The molecule has 0 fully saturated rings. The van der Waals surface area contributed by atoms with Crippen LogP contribution in [0.2, 0.25) is 0 Å². The number of amides is 1. The molecule has 1 aromatic carbocycles. The number of ether oxygens (including phenoxy) is 1. The number of carbonyl (C=O) groups is 2. The first-order valence-corrected chi connectivity index (χ1v) is 10.1. The Labute approximate surface area is 176 Å². The first-order chi connectivity index (χ1) is 14.6. The van der Waals surface area contributed by atoms with E-state index in [-0.39, 0.29) is 23.7 Å². The van der Waals surface area contributed by atoms with Crippen LogP contribution in [0.1, 0.15) is 24.3 Å². The van der Waals surface area contributed by atoms with Crippen LogP contribution in [0, 0.1) is 0 Å². The number of nitrogens with zero attached hydrogens (tertiary/aromatic N) is 2. The Kier molecular flexibility index (Phi) is 5.44. The van der Waals surface area contributed by atoms with Gasteiger partial charge in [-0.3, -0.25) is 4.79 Å². The number of nitrogens with one attached hydrogen (secondary N) is 2. The lowest BCUT2D eigenvalue weighted by Crippen LogP contribution is -2.35. The predicted octanol–water partition coefficient (Wildman–Crippen LogP) is 4.13. The molecule has 0 aliphatic carbocycles. The molecular formula is C21H18N4O4S. The van der Waals surface area contributed by atoms with Crippen LogP contribution in [0.15, 0.2) is 68.9 Å². The van der Waals surface area contributed by atoms with Crippen molar-refractivity contribution in [2.75, 3.05) is 11.9 Å². The quantitative estimate of drug-likeness (QED) is 0.613. The van der Waals surface area contributed by atoms with E-state index in [0.717, 1.165) is 11.3 Å². The summed E-state index contributed by atoms with van der Waals surface area (Å²) >= 11 is 1.32. The van der Waals surface area contributed by atoms with Gasteiger partial charge in [0.1, 0.15) is 28.4 Å². The van der Waals surface area contributed by atoms with E-state index in [0.29, 0.717) is 16.4 Å². The van der Waals surface area contributed by atoms with Crippen molar-refractivity contribution in [2.24, 2.45) is 4.99 Å². The summed E-state index contributed by atoms with van der Waals surface area (Å²) in [6.45, 7) is 3.65. The van der Waals surface area contributed by atoms with Crippen LogP contribution in [-0.2, 0) is 9.53 Å². The fourth-order valence-corrected chi connectivity index (χ4v) is 3.69. The molecule has 4 rings (SSSR count). The average molecular weight is 422 g/mol. The Balaban J connectivity index is 1.68. The molecule has 0 saturated heterocycles. The highest BCUT2D eigenvalue weighted by molar-refractivity contribution is 7.13. The maximum atomic E-state index is 12.9. The Morgan fingerprint density at radius 2 is 2.10 bits per heavy atom. The number of amidine groups is 1. The van der Waals surface area contributed by atoms with E-state index in [1.54, 1.807) is 43.9 Å². The fraction of sp³-hybridized carbons (Fsp3) is 0.143. The number of carbonyl (C=O) groups excluding carboxylic acids is 2. The number of esters is 1. The molecule has 1 aliphatic rings. The molecule has 0 atom stereocenters. The highest BCUT2D eigenvalue weighted by atomic mass is 32.1. The minimum Gasteiger partial charge on any atom is -0.472 e. The van der Waals surface area contributed by atoms with E-state index in [1.807, 2.05) is 18.2 Å². The summed E-state index contributed by atoms with van der Waals surface area (Å²) < 4.78 is 10.2. The number of benzene rings is 1. The molecule has 0 unspecified atom stereocenters. The van der Waals surface area contributed by atoms with Gasteiger partial charge in [-0.25, -0.2) is 14.8 Å². The van der Waals surface area contributed by atoms with E-state index < -0.39 is 11.9 Å². The van der Waals surface area contributed by atoms with E-state index in [1.165, 1.54) is 11.3 Å². The van der Waals surface area contributed by atoms with E-state index in [4.69, 9.17) is 9.15 Å². The fourth-order valence-electron chi connectivity index (χ4n) is 2.91. The lowest BCUT2D eigenvalue weighted by atomic mass is 10.2. The van der Waals surface area contributed by atoms with Gasteiger partial charge in [-0.15, -0.1) is 11.3 Å². The number of hydrogen-bond acceptors (Lipinski definition) is 8. The number of aliphatic imine (C=N–C) groups is 1. The Hall–Kier alpha value is -3.72. The number of hydrogen-bond donors (Lipinski definition) is 2. The summed E-state index contributed by atoms with van der Waals surface area (Å²) in [5.41, 5.74) is 2.99. The number of aromatic nitrogens is 1. The molecule has 1 amide bonds. The van der Waals surface area contributed by atoms with Crippen LogP contribution in [0.4, 0.5) is 11.4 Å². The zero-order chi connectivity index (χ0) is 21.1. The minimum atomic E-state index is -0.577. The SMILES string of the molecule is CCOC(=O)C1=C(C)Nc2ccccc2N=C1NC(=O)c1csc(-c2ccoc2)n1. The minimum absolute atomic E-state index is 0.103. The van der Waals surface area contributed by atoms with Crippen molar-refractivity contribution in [1.82, 2.24) is 10.3 Å². The lowest BCUT2D eigenvalue weighted by molar-refractivity contribution is -0.137. The van der Waals surface area contributed by atoms with Gasteiger partial charge in [-0.1, -0.05) is 12.1 Å². The Bertz CT molecular complexity index is 1160. The predicted molar refractivity (Wildman–Crippen MR) is 114 cm³/mol. The van der Waals surface area contributed by atoms with Gasteiger partial charge >= 0.3 is 5.97 Å². The summed E-state index contributed by atoms with van der Waals surface area (Å²) in [5.74, 6) is -0.952. The molecule has 9 heteroatoms. The molecular weight excluding hydrogens is 404 g/mol. The van der Waals surface area contributed by atoms with Crippen molar-refractivity contribution in [1.29, 1.82) is 0 Å². The molecule has 0 saturated carbocycles. The highest BCUT2D eigenvalue weighted by Crippen LogP contribution is 2.30. The number of thiazole rings is 1. The molecule has 1 aliphatic heterocycles. The number of para-hydroxylation sites is 2. The maximum Gasteiger partial charge on any atom is 0.343 e. The smallest absolute Gasteiger partial charge is 0.343 e. The number of furan rings is 1. The summed E-state index contributed by atoms with van der Waals surface area (Å²) in [6.07, 6.45) is 3.10. The molecule has 3 aromatic rings. The molecule has 3 heterocycles. The van der Waals surface area contributed by atoms with Gasteiger partial charge in [0.25, 0.3) is 5.91 Å². The van der Waals surface area contributed by atoms with E-state index in [2.05, 4.69) is 20.6 Å². The normalized spacial score (nSPS) is 13.1. The topological polar surface area (TPSA) is 106 Å². The number of allylic oxidation sites excluding steroid dienone is 1. The van der Waals surface area contributed by atoms with Crippen LogP contribution in [0.25, 0.3) is 10.6 Å². The van der Waals surface area contributed by atoms with Gasteiger partial charge in [-0.2, -0.15) is 0 Å². The third-order valence-electron chi connectivity index (χ3n) is 4.29. The second kappa shape index (κ2) is 8.34. The van der Waals surface area contributed by atoms with Crippen molar-refractivity contribution < 1.29 is 18.7 Å². The van der Waals surface area contributed by atoms with Gasteiger partial charge in [0.15, 0.2) is 0 Å².